The van der Waals surface area contributed by atoms with Gasteiger partial charge in [0.2, 0.25) is 5.78 Å². The Morgan fingerprint density at radius 1 is 0.957 bits per heavy atom. The van der Waals surface area contributed by atoms with Crippen LogP contribution in [-0.4, -0.2) is 39.0 Å². The Morgan fingerprint density at radius 3 is 2.24 bits per heavy atom. The predicted octanol–water partition coefficient (Wildman–Crippen LogP) is 7.86. The molecule has 6 nitrogen and oxygen atoms in total. The van der Waals surface area contributed by atoms with Crippen LogP contribution in [0.2, 0.25) is 0 Å². The fraction of sp³-hybridized carbons (Fsp3) is 0.775. The van der Waals surface area contributed by atoms with Crippen LogP contribution >= 0.6 is 0 Å². The molecule has 0 saturated heterocycles. The number of hydrogen-bond donors (Lipinski definition) is 3. The summed E-state index contributed by atoms with van der Waals surface area (Å²) >= 11 is 0. The Hall–Kier alpha value is -2.21. The Balaban J connectivity index is 1.49. The first-order chi connectivity index (χ1) is 21.3. The van der Waals surface area contributed by atoms with E-state index in [1.54, 1.807) is 0 Å². The number of carbonyl (C=O) groups is 3. The molecule has 6 saturated carbocycles. The number of ketones is 2. The van der Waals surface area contributed by atoms with Crippen molar-refractivity contribution in [2.45, 2.75) is 119 Å². The predicted molar refractivity (Wildman–Crippen MR) is 177 cm³/mol. The van der Waals surface area contributed by atoms with Crippen molar-refractivity contribution in [3.8, 4) is 0 Å². The van der Waals surface area contributed by atoms with Gasteiger partial charge >= 0.3 is 5.97 Å². The van der Waals surface area contributed by atoms with E-state index < -0.39 is 39.7 Å². The van der Waals surface area contributed by atoms with Gasteiger partial charge in [-0.1, -0.05) is 78.7 Å². The van der Waals surface area contributed by atoms with Gasteiger partial charge in [0, 0.05) is 17.4 Å². The number of aliphatic hydroxyl groups excluding tert-OH is 2. The molecule has 2 bridgehead atoms. The van der Waals surface area contributed by atoms with Crippen molar-refractivity contribution in [3.05, 3.63) is 35.6 Å². The molecule has 46 heavy (non-hydrogen) atoms. The summed E-state index contributed by atoms with van der Waals surface area (Å²) in [5.41, 5.74) is -2.17. The summed E-state index contributed by atoms with van der Waals surface area (Å²) in [7, 11) is 0. The minimum atomic E-state index is -1.23. The van der Waals surface area contributed by atoms with Gasteiger partial charge in [-0.25, -0.2) is 0 Å². The fourth-order valence-corrected chi connectivity index (χ4v) is 15.0. The van der Waals surface area contributed by atoms with E-state index in [9.17, 15) is 20.1 Å². The maximum atomic E-state index is 15.5. The van der Waals surface area contributed by atoms with Crippen molar-refractivity contribution in [1.29, 1.82) is 0 Å². The van der Waals surface area contributed by atoms with Crippen molar-refractivity contribution < 1.29 is 29.7 Å². The standard InChI is InChI=1S/C40H56O6/c1-20(2)27-30(42)33(44)40-25(18-24-21(3)12-13-26-36(24,7)15-11-16-37(26,8)34(45)46)22(4)23-19-39(40,32(27)43)28(29(23)41)31-35(5,6)14-10-17-38(31,40)9/h20,23-26,28-29,31,41-42H,3-4,10-19H2,1-2,5-9H3,(H,45,46)/t23?,24-,25?,26+,28+,29-,31-,36+,37+,38-,39?,40?/m0/s1. The Morgan fingerprint density at radius 2 is 1.61 bits per heavy atom. The van der Waals surface area contributed by atoms with E-state index in [1.165, 1.54) is 0 Å². The second kappa shape index (κ2) is 9.48. The van der Waals surface area contributed by atoms with Crippen LogP contribution in [0, 0.1) is 73.9 Å². The van der Waals surface area contributed by atoms with Gasteiger partial charge in [-0.05, 0) is 104 Å². The summed E-state index contributed by atoms with van der Waals surface area (Å²) in [6, 6.07) is 0. The summed E-state index contributed by atoms with van der Waals surface area (Å²) < 4.78 is 0. The lowest BCUT2D eigenvalue weighted by Crippen LogP contribution is -2.67. The first-order valence-electron chi connectivity index (χ1n) is 18.1. The maximum Gasteiger partial charge on any atom is 0.309 e. The molecule has 3 N–H and O–H groups in total. The van der Waals surface area contributed by atoms with Crippen molar-refractivity contribution in [3.63, 3.8) is 0 Å². The highest BCUT2D eigenvalue weighted by Crippen LogP contribution is 2.87. The zero-order valence-corrected chi connectivity index (χ0v) is 29.2. The lowest BCUT2D eigenvalue weighted by molar-refractivity contribution is -0.178. The molecule has 0 aromatic carbocycles. The fourth-order valence-electron chi connectivity index (χ4n) is 15.0. The van der Waals surface area contributed by atoms with Crippen LogP contribution in [-0.2, 0) is 14.4 Å². The highest BCUT2D eigenvalue weighted by atomic mass is 16.4. The average molecular weight is 633 g/mol. The van der Waals surface area contributed by atoms with Gasteiger partial charge in [-0.3, -0.25) is 14.4 Å². The summed E-state index contributed by atoms with van der Waals surface area (Å²) in [6.45, 7) is 24.0. The normalized spacial score (nSPS) is 50.8. The van der Waals surface area contributed by atoms with E-state index in [2.05, 4.69) is 34.3 Å². The number of allylic oxidation sites excluding steroid dienone is 3. The molecule has 0 radical (unpaired) electrons. The molecule has 1 spiro atoms. The molecule has 0 aromatic heterocycles. The number of carboxylic acids is 1. The molecule has 0 aromatic rings. The Bertz CT molecular complexity index is 1500. The van der Waals surface area contributed by atoms with Crippen molar-refractivity contribution in [2.24, 2.45) is 73.9 Å². The number of fused-ring (bicyclic) bond motifs is 4. The molecule has 0 amide bonds. The molecule has 0 aliphatic heterocycles. The van der Waals surface area contributed by atoms with E-state index >= 15 is 9.59 Å². The number of hydrogen-bond acceptors (Lipinski definition) is 5. The highest BCUT2D eigenvalue weighted by molar-refractivity contribution is 6.18. The minimum absolute atomic E-state index is 0.0369. The largest absolute Gasteiger partial charge is 0.504 e. The first kappa shape index (κ1) is 32.3. The molecule has 252 valence electrons. The molecule has 6 heteroatoms. The van der Waals surface area contributed by atoms with Gasteiger partial charge in [0.1, 0.15) is 0 Å². The van der Waals surface area contributed by atoms with Gasteiger partial charge in [-0.15, -0.1) is 0 Å². The summed E-state index contributed by atoms with van der Waals surface area (Å²) in [5, 5.41) is 34.9. The zero-order chi connectivity index (χ0) is 33.7. The number of carbonyl (C=O) groups excluding carboxylic acids is 2. The van der Waals surface area contributed by atoms with Crippen LogP contribution in [0.15, 0.2) is 35.6 Å². The van der Waals surface area contributed by atoms with Crippen molar-refractivity contribution in [2.75, 3.05) is 0 Å². The van der Waals surface area contributed by atoms with Crippen LogP contribution in [0.3, 0.4) is 0 Å². The monoisotopic (exact) mass is 632 g/mol. The van der Waals surface area contributed by atoms with Crippen molar-refractivity contribution >= 4 is 17.5 Å². The van der Waals surface area contributed by atoms with Crippen LogP contribution in [0.4, 0.5) is 0 Å². The summed E-state index contributed by atoms with van der Waals surface area (Å²) in [4.78, 5) is 43.6. The third-order valence-electron chi connectivity index (χ3n) is 16.4. The quantitative estimate of drug-likeness (QED) is 0.272. The molecular weight excluding hydrogens is 576 g/mol. The van der Waals surface area contributed by atoms with E-state index in [0.29, 0.717) is 19.3 Å². The van der Waals surface area contributed by atoms with Gasteiger partial charge < -0.3 is 15.3 Å². The average Bonchev–Trinajstić information content (AvgIpc) is 3.35. The number of rotatable bonds is 4. The van der Waals surface area contributed by atoms with Gasteiger partial charge in [0.15, 0.2) is 11.5 Å². The molecule has 0 heterocycles. The van der Waals surface area contributed by atoms with E-state index in [4.69, 9.17) is 6.58 Å². The SMILES string of the molecule is C=C1C2CC34C(=O)C(C(C)C)=C(O)C(=O)C3(C1C[C@H]1C(=C)CC[C@@H]3[C@]1(C)CCC[C@@]3(C)C(=O)O)[C@@]1(C)CCCC(C)(C)[C@@H]1[C@H]4[C@H]2O. The van der Waals surface area contributed by atoms with Gasteiger partial charge in [-0.2, -0.15) is 0 Å². The molecule has 4 unspecified atom stereocenters. The third kappa shape index (κ3) is 3.27. The van der Waals surface area contributed by atoms with E-state index in [1.807, 2.05) is 20.8 Å². The topological polar surface area (TPSA) is 112 Å². The lowest BCUT2D eigenvalue weighted by atomic mass is 9.36. The Labute approximate surface area is 275 Å². The van der Waals surface area contributed by atoms with Crippen LogP contribution < -0.4 is 0 Å². The number of aliphatic hydroxyl groups is 2. The summed E-state index contributed by atoms with van der Waals surface area (Å²) in [5.74, 6) is -3.13. The van der Waals surface area contributed by atoms with Crippen LogP contribution in [0.25, 0.3) is 0 Å². The van der Waals surface area contributed by atoms with E-state index in [-0.39, 0.29) is 69.2 Å². The second-order valence-electron chi connectivity index (χ2n) is 18.7. The third-order valence-corrected chi connectivity index (χ3v) is 16.4. The second-order valence-corrected chi connectivity index (χ2v) is 18.7. The number of Topliss-reactive ketones (excluding diaryl/α,β-unsaturated/α-hetero) is 2. The Kier molecular flexibility index (Phi) is 6.66. The molecular formula is C40H56O6. The molecule has 7 aliphatic carbocycles. The van der Waals surface area contributed by atoms with Crippen LogP contribution in [0.1, 0.15) is 113 Å². The molecule has 12 atom stereocenters. The highest BCUT2D eigenvalue weighted by Gasteiger charge is 2.89. The van der Waals surface area contributed by atoms with Gasteiger partial charge in [0.05, 0.1) is 22.3 Å². The molecule has 7 rings (SSSR count). The zero-order valence-electron chi connectivity index (χ0n) is 29.2. The molecule has 6 fully saturated rings. The number of aliphatic carboxylic acids is 1. The van der Waals surface area contributed by atoms with Gasteiger partial charge in [0.25, 0.3) is 0 Å². The van der Waals surface area contributed by atoms with E-state index in [0.717, 1.165) is 56.1 Å². The minimum Gasteiger partial charge on any atom is -0.504 e. The maximum absolute atomic E-state index is 15.5. The lowest BCUT2D eigenvalue weighted by Gasteiger charge is -2.64. The number of carboxylic acid groups (broad SMARTS) is 1. The molecule has 7 aliphatic rings. The first-order valence-corrected chi connectivity index (χ1v) is 18.1. The van der Waals surface area contributed by atoms with Crippen LogP contribution in [0.5, 0.6) is 0 Å². The van der Waals surface area contributed by atoms with Crippen molar-refractivity contribution in [1.82, 2.24) is 0 Å². The smallest absolute Gasteiger partial charge is 0.309 e. The summed E-state index contributed by atoms with van der Waals surface area (Å²) in [6.07, 6.45) is 6.68.